The Labute approximate surface area is 195 Å². The Bertz CT molecular complexity index is 1130. The summed E-state index contributed by atoms with van der Waals surface area (Å²) in [6.45, 7) is 2.94. The summed E-state index contributed by atoms with van der Waals surface area (Å²) in [5.74, 6) is 0.350. The van der Waals surface area contributed by atoms with E-state index in [1.165, 1.54) is 36.1 Å². The monoisotopic (exact) mass is 438 g/mol. The lowest BCUT2D eigenvalue weighted by Gasteiger charge is -2.39. The zero-order valence-corrected chi connectivity index (χ0v) is 18.9. The fourth-order valence-corrected chi connectivity index (χ4v) is 5.04. The van der Waals surface area contributed by atoms with E-state index in [1.807, 2.05) is 36.5 Å². The number of fused-ring (bicyclic) bond motifs is 1. The number of ketones is 1. The van der Waals surface area contributed by atoms with Crippen molar-refractivity contribution in [3.63, 3.8) is 0 Å². The second kappa shape index (κ2) is 9.53. The maximum Gasteiger partial charge on any atom is 0.187 e. The van der Waals surface area contributed by atoms with Crippen molar-refractivity contribution in [1.82, 2.24) is 4.90 Å². The largest absolute Gasteiger partial charge is 0.508 e. The number of allylic oxidation sites excluding steroid dienone is 1. The molecule has 2 heterocycles. The average molecular weight is 439 g/mol. The molecule has 1 atom stereocenters. The molecule has 168 valence electrons. The number of phenolic OH excluding ortho intramolecular Hbond substituents is 1. The molecule has 1 unspecified atom stereocenters. The number of carbonyl (C=O) groups is 1. The van der Waals surface area contributed by atoms with E-state index in [-0.39, 0.29) is 11.8 Å². The molecule has 0 amide bonds. The summed E-state index contributed by atoms with van der Waals surface area (Å²) >= 11 is 0. The number of para-hydroxylation sites is 1. The molecule has 4 nitrogen and oxygen atoms in total. The van der Waals surface area contributed by atoms with Crippen molar-refractivity contribution in [2.75, 3.05) is 24.5 Å². The van der Waals surface area contributed by atoms with Crippen molar-refractivity contribution in [2.45, 2.75) is 31.7 Å². The van der Waals surface area contributed by atoms with Crippen molar-refractivity contribution in [3.8, 4) is 5.75 Å². The third-order valence-electron chi connectivity index (χ3n) is 6.78. The summed E-state index contributed by atoms with van der Waals surface area (Å²) in [6.07, 6.45) is 8.22. The number of piperidine rings is 1. The maximum atomic E-state index is 12.7. The van der Waals surface area contributed by atoms with Gasteiger partial charge in [0.15, 0.2) is 5.78 Å². The van der Waals surface area contributed by atoms with Crippen LogP contribution in [0.5, 0.6) is 5.75 Å². The van der Waals surface area contributed by atoms with Gasteiger partial charge in [0.1, 0.15) is 5.75 Å². The highest BCUT2D eigenvalue weighted by Crippen LogP contribution is 2.39. The van der Waals surface area contributed by atoms with Crippen LogP contribution in [0.15, 0.2) is 85.1 Å². The third-order valence-corrected chi connectivity index (χ3v) is 6.78. The Morgan fingerprint density at radius 2 is 1.64 bits per heavy atom. The number of aromatic hydroxyl groups is 1. The van der Waals surface area contributed by atoms with E-state index in [0.29, 0.717) is 11.3 Å². The van der Waals surface area contributed by atoms with E-state index in [2.05, 4.69) is 46.2 Å². The van der Waals surface area contributed by atoms with Crippen LogP contribution >= 0.6 is 0 Å². The van der Waals surface area contributed by atoms with Gasteiger partial charge < -0.3 is 14.9 Å². The summed E-state index contributed by atoms with van der Waals surface area (Å²) < 4.78 is 0. The minimum Gasteiger partial charge on any atom is -0.508 e. The van der Waals surface area contributed by atoms with Gasteiger partial charge in [0.05, 0.1) is 6.04 Å². The number of hydrogen-bond donors (Lipinski definition) is 1. The number of nitrogens with zero attached hydrogens (tertiary/aromatic N) is 2. The van der Waals surface area contributed by atoms with Gasteiger partial charge in [0, 0.05) is 43.2 Å². The number of benzene rings is 3. The first-order valence-electron chi connectivity index (χ1n) is 11.9. The highest BCUT2D eigenvalue weighted by Gasteiger charge is 2.29. The first-order chi connectivity index (χ1) is 16.2. The molecular weight excluding hydrogens is 408 g/mol. The second-order valence-corrected chi connectivity index (χ2v) is 8.96. The number of likely N-dealkylation sites (tertiary alicyclic amines) is 1. The van der Waals surface area contributed by atoms with E-state index in [9.17, 15) is 9.90 Å². The lowest BCUT2D eigenvalue weighted by atomic mass is 9.87. The summed E-state index contributed by atoms with van der Waals surface area (Å²) in [5, 5.41) is 10.0. The van der Waals surface area contributed by atoms with E-state index < -0.39 is 0 Å². The van der Waals surface area contributed by atoms with Gasteiger partial charge in [0.25, 0.3) is 0 Å². The highest BCUT2D eigenvalue weighted by atomic mass is 16.3. The van der Waals surface area contributed by atoms with E-state index in [4.69, 9.17) is 0 Å². The molecule has 33 heavy (non-hydrogen) atoms. The predicted molar refractivity (Wildman–Crippen MR) is 133 cm³/mol. The molecule has 1 fully saturated rings. The van der Waals surface area contributed by atoms with Gasteiger partial charge in [-0.25, -0.2) is 0 Å². The molecule has 0 bridgehead atoms. The number of carbonyl (C=O) groups excluding carboxylic acids is 1. The maximum absolute atomic E-state index is 12.7. The lowest BCUT2D eigenvalue weighted by molar-refractivity contribution is 0.104. The average Bonchev–Trinajstić information content (AvgIpc) is 2.87. The van der Waals surface area contributed by atoms with E-state index in [1.54, 1.807) is 12.1 Å². The molecule has 0 saturated carbocycles. The fraction of sp³-hybridized carbons (Fsp3) is 0.276. The molecule has 3 aromatic carbocycles. The predicted octanol–water partition coefficient (Wildman–Crippen LogP) is 5.73. The van der Waals surface area contributed by atoms with Crippen molar-refractivity contribution in [2.24, 2.45) is 0 Å². The van der Waals surface area contributed by atoms with Crippen LogP contribution in [-0.4, -0.2) is 35.4 Å². The van der Waals surface area contributed by atoms with Crippen LogP contribution in [0.3, 0.4) is 0 Å². The summed E-state index contributed by atoms with van der Waals surface area (Å²) in [5.41, 5.74) is 5.40. The second-order valence-electron chi connectivity index (χ2n) is 8.96. The Kier molecular flexibility index (Phi) is 6.16. The quantitative estimate of drug-likeness (QED) is 0.408. The number of hydrogen-bond acceptors (Lipinski definition) is 4. The molecule has 0 aliphatic carbocycles. The Morgan fingerprint density at radius 3 is 2.39 bits per heavy atom. The molecule has 1 N–H and O–H groups in total. The Balaban J connectivity index is 1.43. The SMILES string of the molecule is O=C(C=CN1CCCCC1)c1ccc(C2c3ccc(O)cc3CCN2c2ccccc2)cc1. The van der Waals surface area contributed by atoms with Crippen LogP contribution in [0.25, 0.3) is 0 Å². The fourth-order valence-electron chi connectivity index (χ4n) is 5.04. The first-order valence-corrected chi connectivity index (χ1v) is 11.9. The zero-order chi connectivity index (χ0) is 22.6. The third kappa shape index (κ3) is 4.65. The summed E-state index contributed by atoms with van der Waals surface area (Å²) in [4.78, 5) is 17.4. The van der Waals surface area contributed by atoms with Crippen molar-refractivity contribution < 1.29 is 9.90 Å². The van der Waals surface area contributed by atoms with Crippen LogP contribution in [0.2, 0.25) is 0 Å². The van der Waals surface area contributed by atoms with Gasteiger partial charge in [-0.3, -0.25) is 4.79 Å². The van der Waals surface area contributed by atoms with Crippen molar-refractivity contribution in [3.05, 3.63) is 107 Å². The van der Waals surface area contributed by atoms with E-state index >= 15 is 0 Å². The zero-order valence-electron chi connectivity index (χ0n) is 18.9. The first kappa shape index (κ1) is 21.3. The molecule has 4 heteroatoms. The molecule has 0 spiro atoms. The summed E-state index contributed by atoms with van der Waals surface area (Å²) in [6, 6.07) is 24.2. The minimum absolute atomic E-state index is 0.0322. The van der Waals surface area contributed by atoms with Gasteiger partial charge in [-0.05, 0) is 66.6 Å². The van der Waals surface area contributed by atoms with Crippen LogP contribution in [0, 0.1) is 0 Å². The Morgan fingerprint density at radius 1 is 0.879 bits per heavy atom. The van der Waals surface area contributed by atoms with Crippen LogP contribution in [-0.2, 0) is 6.42 Å². The topological polar surface area (TPSA) is 43.8 Å². The molecule has 5 rings (SSSR count). The highest BCUT2D eigenvalue weighted by molar-refractivity contribution is 6.04. The normalized spacial score (nSPS) is 18.4. The smallest absolute Gasteiger partial charge is 0.187 e. The molecule has 2 aliphatic rings. The standard InChI is InChI=1S/C29H30N2O2/c32-26-13-14-27-24(21-26)15-20-31(25-7-3-1-4-8-25)29(27)23-11-9-22(10-12-23)28(33)16-19-30-17-5-2-6-18-30/h1,3-4,7-14,16,19,21,29,32H,2,5-6,15,17-18,20H2. The van der Waals surface area contributed by atoms with Gasteiger partial charge in [-0.2, -0.15) is 0 Å². The van der Waals surface area contributed by atoms with Crippen LogP contribution in [0.1, 0.15) is 52.4 Å². The van der Waals surface area contributed by atoms with Crippen molar-refractivity contribution >= 4 is 11.5 Å². The van der Waals surface area contributed by atoms with Gasteiger partial charge in [-0.1, -0.05) is 48.5 Å². The van der Waals surface area contributed by atoms with Gasteiger partial charge >= 0.3 is 0 Å². The number of anilines is 1. The van der Waals surface area contributed by atoms with Crippen LogP contribution < -0.4 is 4.90 Å². The summed E-state index contributed by atoms with van der Waals surface area (Å²) in [7, 11) is 0. The Hall–Kier alpha value is -3.53. The van der Waals surface area contributed by atoms with Crippen molar-refractivity contribution in [1.29, 1.82) is 0 Å². The van der Waals surface area contributed by atoms with Gasteiger partial charge in [0.2, 0.25) is 0 Å². The molecule has 0 radical (unpaired) electrons. The minimum atomic E-state index is 0.0322. The van der Waals surface area contributed by atoms with Gasteiger partial charge in [-0.15, -0.1) is 0 Å². The number of phenols is 1. The molecule has 0 aromatic heterocycles. The molecular formula is C29H30N2O2. The molecule has 2 aliphatic heterocycles. The van der Waals surface area contributed by atoms with Crippen LogP contribution in [0.4, 0.5) is 5.69 Å². The van der Waals surface area contributed by atoms with E-state index in [0.717, 1.165) is 31.6 Å². The molecule has 1 saturated heterocycles. The lowest BCUT2D eigenvalue weighted by Crippen LogP contribution is -2.36. The number of rotatable bonds is 5. The molecule has 3 aromatic rings.